The number of carbonyl (C=O) groups excluding carboxylic acids is 2. The summed E-state index contributed by atoms with van der Waals surface area (Å²) >= 11 is 4.73. The molecule has 0 radical (unpaired) electrons. The molecule has 34 heavy (non-hydrogen) atoms. The highest BCUT2D eigenvalue weighted by atomic mass is 79.9. The van der Waals surface area contributed by atoms with Gasteiger partial charge in [-0.25, -0.2) is 0 Å². The molecule has 0 bridgehead atoms. The first-order valence-corrected chi connectivity index (χ1v) is 13.4. The zero-order valence-corrected chi connectivity index (χ0v) is 21.8. The molecule has 0 aliphatic rings. The molecule has 180 valence electrons. The van der Waals surface area contributed by atoms with Gasteiger partial charge in [-0.1, -0.05) is 109 Å². The van der Waals surface area contributed by atoms with Gasteiger partial charge in [0.1, 0.15) is 11.0 Å². The molecule has 0 spiro atoms. The van der Waals surface area contributed by atoms with Gasteiger partial charge in [0.25, 0.3) is 0 Å². The number of rotatable bonds is 13. The van der Waals surface area contributed by atoms with Gasteiger partial charge >= 0.3 is 0 Å². The third-order valence-electron chi connectivity index (χ3n) is 5.44. The van der Waals surface area contributed by atoms with Crippen LogP contribution in [0.1, 0.15) is 57.4 Å². The van der Waals surface area contributed by atoms with Crippen molar-refractivity contribution in [1.82, 2.24) is 15.5 Å². The van der Waals surface area contributed by atoms with Crippen molar-refractivity contribution in [3.63, 3.8) is 0 Å². The first-order chi connectivity index (χ1) is 16.5. The molecule has 3 aromatic rings. The van der Waals surface area contributed by atoms with E-state index in [-0.39, 0.29) is 11.8 Å². The predicted octanol–water partition coefficient (Wildman–Crippen LogP) is 6.38. The van der Waals surface area contributed by atoms with Gasteiger partial charge in [-0.05, 0) is 24.1 Å². The lowest BCUT2D eigenvalue weighted by Gasteiger charge is -2.18. The minimum Gasteiger partial charge on any atom is -0.344 e. The van der Waals surface area contributed by atoms with Gasteiger partial charge in [0.15, 0.2) is 0 Å². The van der Waals surface area contributed by atoms with Crippen LogP contribution >= 0.6 is 27.3 Å². The van der Waals surface area contributed by atoms with E-state index in [0.29, 0.717) is 18.0 Å². The van der Waals surface area contributed by atoms with Crippen molar-refractivity contribution in [2.24, 2.45) is 0 Å². The number of unbranched alkanes of at least 4 members (excludes halogenated alkanes) is 5. The Morgan fingerprint density at radius 3 is 2.38 bits per heavy atom. The summed E-state index contributed by atoms with van der Waals surface area (Å²) in [5.74, 6) is -0.391. The molecule has 8 heteroatoms. The summed E-state index contributed by atoms with van der Waals surface area (Å²) < 4.78 is 0.981. The number of hydrogen-bond acceptors (Lipinski definition) is 5. The van der Waals surface area contributed by atoms with Crippen LogP contribution in [-0.2, 0) is 16.0 Å². The van der Waals surface area contributed by atoms with E-state index < -0.39 is 6.04 Å². The largest absolute Gasteiger partial charge is 0.344 e. The Kier molecular flexibility index (Phi) is 10.7. The monoisotopic (exact) mass is 542 g/mol. The van der Waals surface area contributed by atoms with E-state index in [1.165, 1.54) is 30.6 Å². The lowest BCUT2D eigenvalue weighted by Crippen LogP contribution is -2.45. The lowest BCUT2D eigenvalue weighted by molar-refractivity contribution is -0.126. The van der Waals surface area contributed by atoms with E-state index in [2.05, 4.69) is 43.7 Å². The summed E-state index contributed by atoms with van der Waals surface area (Å²) in [5, 5.41) is 15.2. The summed E-state index contributed by atoms with van der Waals surface area (Å²) in [4.78, 5) is 25.7. The summed E-state index contributed by atoms with van der Waals surface area (Å²) in [6.07, 6.45) is 7.50. The Morgan fingerprint density at radius 2 is 1.65 bits per heavy atom. The van der Waals surface area contributed by atoms with E-state index in [9.17, 15) is 9.59 Å². The van der Waals surface area contributed by atoms with Crippen molar-refractivity contribution in [2.75, 3.05) is 5.32 Å². The fourth-order valence-corrected chi connectivity index (χ4v) is 4.58. The summed E-state index contributed by atoms with van der Waals surface area (Å²) in [6, 6.07) is 16.8. The molecule has 0 saturated carbocycles. The minimum absolute atomic E-state index is 0.0978. The molecular formula is C26H31BrN4O2S. The zero-order chi connectivity index (χ0) is 24.2. The highest BCUT2D eigenvalue weighted by molar-refractivity contribution is 9.10. The smallest absolute Gasteiger partial charge is 0.249 e. The molecular weight excluding hydrogens is 512 g/mol. The average Bonchev–Trinajstić information content (AvgIpc) is 3.30. The summed E-state index contributed by atoms with van der Waals surface area (Å²) in [6.45, 7) is 2.19. The van der Waals surface area contributed by atoms with E-state index >= 15 is 0 Å². The molecule has 1 heterocycles. The van der Waals surface area contributed by atoms with Crippen molar-refractivity contribution in [2.45, 2.75) is 64.3 Å². The average molecular weight is 544 g/mol. The normalized spacial score (nSPS) is 11.7. The van der Waals surface area contributed by atoms with Crippen LogP contribution in [0.4, 0.5) is 5.13 Å². The van der Waals surface area contributed by atoms with Crippen molar-refractivity contribution < 1.29 is 9.59 Å². The van der Waals surface area contributed by atoms with Gasteiger partial charge in [0.05, 0.1) is 0 Å². The standard InChI is InChI=1S/C26H31BrN4O2S/c1-2-3-4-5-6-10-13-23(32)28-22(18-19-11-8-7-9-12-19)24(33)29-26-31-30-25(34-26)20-14-16-21(27)17-15-20/h7-9,11-12,14-17,22H,2-6,10,13,18H2,1H3,(H,28,32)(H,29,31,33)/t22-/m1/s1. The van der Waals surface area contributed by atoms with Crippen LogP contribution in [0.5, 0.6) is 0 Å². The topological polar surface area (TPSA) is 84.0 Å². The van der Waals surface area contributed by atoms with Crippen LogP contribution in [0.25, 0.3) is 10.6 Å². The number of nitrogens with zero attached hydrogens (tertiary/aromatic N) is 2. The number of hydrogen-bond donors (Lipinski definition) is 2. The number of halogens is 1. The molecule has 2 amide bonds. The van der Waals surface area contributed by atoms with Gasteiger partial charge in [0.2, 0.25) is 16.9 Å². The zero-order valence-electron chi connectivity index (χ0n) is 19.4. The van der Waals surface area contributed by atoms with Crippen LogP contribution in [0.2, 0.25) is 0 Å². The lowest BCUT2D eigenvalue weighted by atomic mass is 10.0. The first-order valence-electron chi connectivity index (χ1n) is 11.8. The number of amides is 2. The highest BCUT2D eigenvalue weighted by Crippen LogP contribution is 2.27. The highest BCUT2D eigenvalue weighted by Gasteiger charge is 2.22. The van der Waals surface area contributed by atoms with Crippen LogP contribution < -0.4 is 10.6 Å². The fraction of sp³-hybridized carbons (Fsp3) is 0.385. The van der Waals surface area contributed by atoms with Gasteiger partial charge in [0, 0.05) is 22.9 Å². The van der Waals surface area contributed by atoms with Crippen molar-refractivity contribution >= 4 is 44.2 Å². The Labute approximate surface area is 213 Å². The van der Waals surface area contributed by atoms with E-state index in [1.54, 1.807) is 0 Å². The maximum atomic E-state index is 13.1. The molecule has 0 aliphatic carbocycles. The third-order valence-corrected chi connectivity index (χ3v) is 6.85. The predicted molar refractivity (Wildman–Crippen MR) is 142 cm³/mol. The molecule has 0 unspecified atom stereocenters. The van der Waals surface area contributed by atoms with Crippen LogP contribution in [0.3, 0.4) is 0 Å². The number of benzene rings is 2. The van der Waals surface area contributed by atoms with Gasteiger partial charge in [-0.15, -0.1) is 10.2 Å². The van der Waals surface area contributed by atoms with Crippen LogP contribution in [-0.4, -0.2) is 28.1 Å². The maximum absolute atomic E-state index is 13.1. The summed E-state index contributed by atoms with van der Waals surface area (Å²) in [5.41, 5.74) is 1.91. The van der Waals surface area contributed by atoms with E-state index in [1.807, 2.05) is 54.6 Å². The molecule has 2 aromatic carbocycles. The molecule has 0 saturated heterocycles. The Bertz CT molecular complexity index is 1040. The second-order valence-electron chi connectivity index (χ2n) is 8.24. The second-order valence-corrected chi connectivity index (χ2v) is 10.1. The van der Waals surface area contributed by atoms with E-state index in [4.69, 9.17) is 0 Å². The molecule has 3 rings (SSSR count). The molecule has 6 nitrogen and oxygen atoms in total. The Morgan fingerprint density at radius 1 is 0.941 bits per heavy atom. The Balaban J connectivity index is 1.60. The molecule has 2 N–H and O–H groups in total. The number of carbonyl (C=O) groups is 2. The summed E-state index contributed by atoms with van der Waals surface area (Å²) in [7, 11) is 0. The molecule has 1 aromatic heterocycles. The fourth-order valence-electron chi connectivity index (χ4n) is 3.57. The number of anilines is 1. The SMILES string of the molecule is CCCCCCCCC(=O)N[C@H](Cc1ccccc1)C(=O)Nc1nnc(-c2ccc(Br)cc2)s1. The van der Waals surface area contributed by atoms with Crippen molar-refractivity contribution in [3.05, 3.63) is 64.6 Å². The van der Waals surface area contributed by atoms with Gasteiger partial charge in [-0.2, -0.15) is 0 Å². The van der Waals surface area contributed by atoms with E-state index in [0.717, 1.165) is 39.9 Å². The van der Waals surface area contributed by atoms with Crippen LogP contribution in [0, 0.1) is 0 Å². The molecule has 0 aliphatic heterocycles. The number of aromatic nitrogens is 2. The third kappa shape index (κ3) is 8.65. The van der Waals surface area contributed by atoms with Crippen molar-refractivity contribution in [1.29, 1.82) is 0 Å². The number of nitrogens with one attached hydrogen (secondary N) is 2. The molecule has 1 atom stereocenters. The second kappa shape index (κ2) is 14.0. The first kappa shape index (κ1) is 26.0. The van der Waals surface area contributed by atoms with Gasteiger partial charge in [-0.3, -0.25) is 14.9 Å². The quantitative estimate of drug-likeness (QED) is 0.245. The molecule has 0 fully saturated rings. The Hall–Kier alpha value is -2.58. The minimum atomic E-state index is -0.685. The maximum Gasteiger partial charge on any atom is 0.249 e. The van der Waals surface area contributed by atoms with Crippen molar-refractivity contribution in [3.8, 4) is 10.6 Å². The van der Waals surface area contributed by atoms with Crippen LogP contribution in [0.15, 0.2) is 59.1 Å². The van der Waals surface area contributed by atoms with Gasteiger partial charge < -0.3 is 5.32 Å².